The van der Waals surface area contributed by atoms with Gasteiger partial charge in [-0.1, -0.05) is 23.7 Å². The fraction of sp³-hybridized carbons (Fsp3) is 0.579. The van der Waals surface area contributed by atoms with Crippen molar-refractivity contribution in [3.63, 3.8) is 0 Å². The van der Waals surface area contributed by atoms with Crippen LogP contribution in [0.4, 0.5) is 0 Å². The van der Waals surface area contributed by atoms with Crippen LogP contribution < -0.4 is 11.1 Å². The molecular weight excluding hydrogens is 338 g/mol. The number of nitrogens with two attached hydrogens (primary N) is 1. The van der Waals surface area contributed by atoms with E-state index in [0.717, 1.165) is 30.7 Å². The quantitative estimate of drug-likeness (QED) is 0.863. The van der Waals surface area contributed by atoms with E-state index < -0.39 is 0 Å². The van der Waals surface area contributed by atoms with Crippen molar-refractivity contribution >= 4 is 23.4 Å². The second-order valence-corrected chi connectivity index (χ2v) is 7.63. The van der Waals surface area contributed by atoms with Gasteiger partial charge in [0.2, 0.25) is 11.8 Å². The Kier molecular flexibility index (Phi) is 5.64. The van der Waals surface area contributed by atoms with E-state index >= 15 is 0 Å². The number of amides is 2. The first-order valence-corrected chi connectivity index (χ1v) is 9.43. The van der Waals surface area contributed by atoms with Crippen molar-refractivity contribution in [1.29, 1.82) is 0 Å². The number of hydrogen-bond donors (Lipinski definition) is 2. The van der Waals surface area contributed by atoms with Crippen LogP contribution in [-0.2, 0) is 15.0 Å². The van der Waals surface area contributed by atoms with Crippen molar-refractivity contribution in [1.82, 2.24) is 10.2 Å². The van der Waals surface area contributed by atoms with E-state index in [1.54, 1.807) is 0 Å². The molecule has 6 heteroatoms. The molecule has 1 aromatic rings. The van der Waals surface area contributed by atoms with Crippen LogP contribution in [0, 0.1) is 5.92 Å². The predicted octanol–water partition coefficient (Wildman–Crippen LogP) is 2.08. The summed E-state index contributed by atoms with van der Waals surface area (Å²) in [5.74, 6) is 0.252. The molecule has 0 bridgehead atoms. The van der Waals surface area contributed by atoms with Crippen LogP contribution in [0.5, 0.6) is 0 Å². The van der Waals surface area contributed by atoms with Crippen LogP contribution in [0.1, 0.15) is 37.7 Å². The average molecular weight is 364 g/mol. The Morgan fingerprint density at radius 3 is 2.76 bits per heavy atom. The lowest BCUT2D eigenvalue weighted by Gasteiger charge is -2.40. The van der Waals surface area contributed by atoms with Crippen molar-refractivity contribution in [3.05, 3.63) is 34.9 Å². The molecule has 2 amide bonds. The number of rotatable bonds is 3. The van der Waals surface area contributed by atoms with Gasteiger partial charge in [0.15, 0.2) is 0 Å². The molecule has 1 aliphatic carbocycles. The van der Waals surface area contributed by atoms with E-state index in [2.05, 4.69) is 11.4 Å². The Bertz CT molecular complexity index is 641. The van der Waals surface area contributed by atoms with Gasteiger partial charge in [-0.25, -0.2) is 0 Å². The molecule has 3 N–H and O–H groups in total. The van der Waals surface area contributed by atoms with E-state index in [-0.39, 0.29) is 23.1 Å². The second kappa shape index (κ2) is 7.75. The van der Waals surface area contributed by atoms with Gasteiger partial charge in [-0.05, 0) is 43.4 Å². The van der Waals surface area contributed by atoms with Gasteiger partial charge >= 0.3 is 0 Å². The van der Waals surface area contributed by atoms with E-state index in [1.807, 2.05) is 23.1 Å². The first-order valence-electron chi connectivity index (χ1n) is 9.06. The largest absolute Gasteiger partial charge is 0.354 e. The summed E-state index contributed by atoms with van der Waals surface area (Å²) in [5, 5.41) is 3.55. The van der Waals surface area contributed by atoms with Crippen LogP contribution in [0.2, 0.25) is 5.02 Å². The van der Waals surface area contributed by atoms with Gasteiger partial charge in [-0.2, -0.15) is 0 Å². The highest BCUT2D eigenvalue weighted by Crippen LogP contribution is 2.42. The molecule has 5 nitrogen and oxygen atoms in total. The topological polar surface area (TPSA) is 75.4 Å². The Balaban J connectivity index is 1.66. The molecule has 1 aromatic carbocycles. The fourth-order valence-electron chi connectivity index (χ4n) is 4.09. The highest BCUT2D eigenvalue weighted by atomic mass is 35.5. The summed E-state index contributed by atoms with van der Waals surface area (Å²) in [6.07, 6.45) is 3.85. The normalized spacial score (nSPS) is 27.5. The minimum Gasteiger partial charge on any atom is -0.354 e. The lowest BCUT2D eigenvalue weighted by Crippen LogP contribution is -2.44. The van der Waals surface area contributed by atoms with Gasteiger partial charge in [0, 0.05) is 49.0 Å². The summed E-state index contributed by atoms with van der Waals surface area (Å²) in [4.78, 5) is 26.1. The maximum absolute atomic E-state index is 12.8. The molecule has 3 rings (SSSR count). The highest BCUT2D eigenvalue weighted by molar-refractivity contribution is 6.30. The fourth-order valence-corrected chi connectivity index (χ4v) is 4.28. The maximum atomic E-state index is 12.8. The van der Waals surface area contributed by atoms with Crippen LogP contribution in [0.15, 0.2) is 24.3 Å². The third-order valence-corrected chi connectivity index (χ3v) is 5.98. The van der Waals surface area contributed by atoms with Gasteiger partial charge in [0.25, 0.3) is 0 Å². The first kappa shape index (κ1) is 18.2. The lowest BCUT2D eigenvalue weighted by atomic mass is 9.66. The standard InChI is InChI=1S/C19H26ClN3O2/c20-16-3-1-2-15(12-16)19(13-21)7-4-14(5-8-19)18(25)23-10-6-17(24)22-9-11-23/h1-3,12,14H,4-11,13,21H2,(H,22,24)/t14-,19-. The second-order valence-electron chi connectivity index (χ2n) is 7.19. The maximum Gasteiger partial charge on any atom is 0.225 e. The molecule has 1 saturated heterocycles. The number of carbonyl (C=O) groups is 2. The van der Waals surface area contributed by atoms with Crippen LogP contribution in [0.3, 0.4) is 0 Å². The predicted molar refractivity (Wildman–Crippen MR) is 98.3 cm³/mol. The van der Waals surface area contributed by atoms with Crippen molar-refractivity contribution in [2.75, 3.05) is 26.2 Å². The van der Waals surface area contributed by atoms with Gasteiger partial charge in [0.05, 0.1) is 0 Å². The summed E-state index contributed by atoms with van der Waals surface area (Å²) >= 11 is 6.16. The third kappa shape index (κ3) is 3.98. The van der Waals surface area contributed by atoms with Crippen LogP contribution >= 0.6 is 11.6 Å². The Hall–Kier alpha value is -1.59. The lowest BCUT2D eigenvalue weighted by molar-refractivity contribution is -0.136. The number of hydrogen-bond acceptors (Lipinski definition) is 3. The minimum atomic E-state index is -0.0853. The molecule has 1 aliphatic heterocycles. The number of nitrogens with one attached hydrogen (secondary N) is 1. The average Bonchev–Trinajstić information content (AvgIpc) is 2.86. The van der Waals surface area contributed by atoms with E-state index in [0.29, 0.717) is 32.6 Å². The molecular formula is C19H26ClN3O2. The molecule has 136 valence electrons. The molecule has 2 fully saturated rings. The molecule has 1 saturated carbocycles. The summed E-state index contributed by atoms with van der Waals surface area (Å²) in [7, 11) is 0. The number of nitrogens with zero attached hydrogens (tertiary/aromatic N) is 1. The van der Waals surface area contributed by atoms with E-state index in [1.165, 1.54) is 5.56 Å². The van der Waals surface area contributed by atoms with Gasteiger partial charge in [0.1, 0.15) is 0 Å². The molecule has 0 atom stereocenters. The van der Waals surface area contributed by atoms with Crippen molar-refractivity contribution in [2.45, 2.75) is 37.5 Å². The zero-order chi connectivity index (χ0) is 17.9. The Morgan fingerprint density at radius 2 is 2.08 bits per heavy atom. The van der Waals surface area contributed by atoms with Crippen molar-refractivity contribution in [2.24, 2.45) is 11.7 Å². The number of benzene rings is 1. The summed E-state index contributed by atoms with van der Waals surface area (Å²) < 4.78 is 0. The monoisotopic (exact) mass is 363 g/mol. The summed E-state index contributed by atoms with van der Waals surface area (Å²) in [5.41, 5.74) is 7.23. The van der Waals surface area contributed by atoms with E-state index in [4.69, 9.17) is 17.3 Å². The van der Waals surface area contributed by atoms with Crippen LogP contribution in [0.25, 0.3) is 0 Å². The number of halogens is 1. The smallest absolute Gasteiger partial charge is 0.225 e. The first-order chi connectivity index (χ1) is 12.0. The third-order valence-electron chi connectivity index (χ3n) is 5.74. The van der Waals surface area contributed by atoms with Crippen molar-refractivity contribution in [3.8, 4) is 0 Å². The number of carbonyl (C=O) groups excluding carboxylic acids is 2. The zero-order valence-electron chi connectivity index (χ0n) is 14.5. The molecule has 0 unspecified atom stereocenters. The summed E-state index contributed by atoms with van der Waals surface area (Å²) in [6.45, 7) is 2.25. The van der Waals surface area contributed by atoms with Crippen LogP contribution in [-0.4, -0.2) is 42.9 Å². The molecule has 0 radical (unpaired) electrons. The minimum absolute atomic E-state index is 0.0297. The van der Waals surface area contributed by atoms with Gasteiger partial charge < -0.3 is 16.0 Å². The van der Waals surface area contributed by atoms with Gasteiger partial charge in [-0.15, -0.1) is 0 Å². The Labute approximate surface area is 153 Å². The molecule has 0 aromatic heterocycles. The van der Waals surface area contributed by atoms with E-state index in [9.17, 15) is 9.59 Å². The molecule has 0 spiro atoms. The Morgan fingerprint density at radius 1 is 1.32 bits per heavy atom. The highest BCUT2D eigenvalue weighted by Gasteiger charge is 2.39. The van der Waals surface area contributed by atoms with Crippen molar-refractivity contribution < 1.29 is 9.59 Å². The molecule has 1 heterocycles. The molecule has 25 heavy (non-hydrogen) atoms. The SMILES string of the molecule is NC[C@]1(c2cccc(Cl)c2)CC[C@H](C(=O)N2CCNC(=O)CC2)CC1. The zero-order valence-corrected chi connectivity index (χ0v) is 15.2. The van der Waals surface area contributed by atoms with Gasteiger partial charge in [-0.3, -0.25) is 9.59 Å². The molecule has 2 aliphatic rings. The summed E-state index contributed by atoms with van der Waals surface area (Å²) in [6, 6.07) is 7.93.